The molecule has 0 aliphatic heterocycles. The lowest BCUT2D eigenvalue weighted by Gasteiger charge is -1.84. The molecule has 0 fully saturated rings. The lowest BCUT2D eigenvalue weighted by atomic mass is 10.4. The van der Waals surface area contributed by atoms with Crippen LogP contribution in [0.15, 0.2) is 6.07 Å². The average molecular weight is 177 g/mol. The molecule has 0 saturated carbocycles. The van der Waals surface area contributed by atoms with Gasteiger partial charge in [-0.05, 0) is 13.0 Å². The summed E-state index contributed by atoms with van der Waals surface area (Å²) in [5.74, 6) is -0.955. The van der Waals surface area contributed by atoms with Crippen LogP contribution in [0.25, 0.3) is 0 Å². The molecule has 0 aliphatic rings. The molecule has 0 aromatic carbocycles. The third kappa shape index (κ3) is 1.30. The highest BCUT2D eigenvalue weighted by Gasteiger charge is 2.10. The summed E-state index contributed by atoms with van der Waals surface area (Å²) in [5.41, 5.74) is 0. The largest absolute Gasteiger partial charge is 0.477 e. The number of hydrogen-bond donors (Lipinski definition) is 1. The Morgan fingerprint density at radius 1 is 1.80 bits per heavy atom. The van der Waals surface area contributed by atoms with Crippen LogP contribution < -0.4 is 0 Å². The van der Waals surface area contributed by atoms with Gasteiger partial charge in [-0.2, -0.15) is 0 Å². The number of halogens is 1. The molecule has 1 aromatic rings. The van der Waals surface area contributed by atoms with Gasteiger partial charge in [0, 0.05) is 4.88 Å². The minimum absolute atomic E-state index is 0.221. The first-order valence-electron chi connectivity index (χ1n) is 2.60. The monoisotopic (exact) mass is 176 g/mol. The summed E-state index contributed by atoms with van der Waals surface area (Å²) in [6.45, 7) is 1.82. The smallest absolute Gasteiger partial charge is 0.347 e. The first kappa shape index (κ1) is 7.57. The molecule has 1 rings (SSSR count). The van der Waals surface area contributed by atoms with Crippen LogP contribution in [0.4, 0.5) is 0 Å². The Hall–Kier alpha value is -0.540. The van der Waals surface area contributed by atoms with E-state index in [-0.39, 0.29) is 4.88 Å². The zero-order chi connectivity index (χ0) is 7.72. The summed E-state index contributed by atoms with van der Waals surface area (Å²) in [6, 6.07) is 1.65. The number of carboxylic acid groups (broad SMARTS) is 1. The van der Waals surface area contributed by atoms with E-state index in [2.05, 4.69) is 0 Å². The molecule has 0 bridgehead atoms. The minimum Gasteiger partial charge on any atom is -0.477 e. The van der Waals surface area contributed by atoms with Gasteiger partial charge in [0.25, 0.3) is 0 Å². The second-order valence-corrected chi connectivity index (χ2v) is 3.50. The average Bonchev–Trinajstić information content (AvgIpc) is 2.10. The van der Waals surface area contributed by atoms with Crippen molar-refractivity contribution in [2.45, 2.75) is 6.92 Å². The predicted molar refractivity (Wildman–Crippen MR) is 41.0 cm³/mol. The maximum Gasteiger partial charge on any atom is 0.347 e. The Morgan fingerprint density at radius 2 is 2.40 bits per heavy atom. The molecule has 1 aromatic heterocycles. The van der Waals surface area contributed by atoms with E-state index in [0.717, 1.165) is 4.88 Å². The molecular formula is C6H5ClO2S. The topological polar surface area (TPSA) is 37.3 Å². The van der Waals surface area contributed by atoms with E-state index in [1.54, 1.807) is 6.07 Å². The summed E-state index contributed by atoms with van der Waals surface area (Å²) in [4.78, 5) is 11.5. The first-order chi connectivity index (χ1) is 4.61. The Balaban J connectivity index is 3.15. The van der Waals surface area contributed by atoms with Crippen LogP contribution in [0.3, 0.4) is 0 Å². The normalized spacial score (nSPS) is 9.80. The molecular weight excluding hydrogens is 172 g/mol. The van der Waals surface area contributed by atoms with Gasteiger partial charge >= 0.3 is 5.97 Å². The van der Waals surface area contributed by atoms with Crippen molar-refractivity contribution in [1.29, 1.82) is 0 Å². The van der Waals surface area contributed by atoms with Gasteiger partial charge in [-0.15, -0.1) is 11.3 Å². The fourth-order valence-corrected chi connectivity index (χ4v) is 1.80. The zero-order valence-electron chi connectivity index (χ0n) is 5.22. The molecule has 0 spiro atoms. The summed E-state index contributed by atoms with van der Waals surface area (Å²) in [6.07, 6.45) is 0. The van der Waals surface area contributed by atoms with E-state index in [4.69, 9.17) is 16.7 Å². The third-order valence-electron chi connectivity index (χ3n) is 1.00. The molecule has 0 saturated heterocycles. The van der Waals surface area contributed by atoms with Crippen LogP contribution in [0, 0.1) is 6.92 Å². The van der Waals surface area contributed by atoms with Gasteiger partial charge in [-0.3, -0.25) is 0 Å². The molecule has 0 atom stereocenters. The van der Waals surface area contributed by atoms with E-state index < -0.39 is 5.97 Å². The first-order valence-corrected chi connectivity index (χ1v) is 3.80. The molecule has 1 heterocycles. The number of hydrogen-bond acceptors (Lipinski definition) is 2. The van der Waals surface area contributed by atoms with Gasteiger partial charge in [-0.25, -0.2) is 4.79 Å². The van der Waals surface area contributed by atoms with Crippen molar-refractivity contribution >= 4 is 28.9 Å². The standard InChI is InChI=1S/C6H5ClO2S/c1-3-2-4(7)5(10-3)6(8)9/h2H,1H3,(H,8,9). The number of rotatable bonds is 1. The summed E-state index contributed by atoms with van der Waals surface area (Å²) in [5, 5.41) is 8.83. The highest BCUT2D eigenvalue weighted by atomic mass is 35.5. The lowest BCUT2D eigenvalue weighted by molar-refractivity contribution is 0.0702. The van der Waals surface area contributed by atoms with E-state index in [0.29, 0.717) is 5.02 Å². The maximum atomic E-state index is 10.4. The molecule has 0 amide bonds. The van der Waals surface area contributed by atoms with E-state index in [1.807, 2.05) is 6.92 Å². The Bertz CT molecular complexity index is 267. The van der Waals surface area contributed by atoms with Crippen LogP contribution in [0.1, 0.15) is 14.5 Å². The van der Waals surface area contributed by atoms with Gasteiger partial charge in [0.1, 0.15) is 4.88 Å². The highest BCUT2D eigenvalue weighted by molar-refractivity contribution is 7.14. The number of aromatic carboxylic acids is 1. The van der Waals surface area contributed by atoms with E-state index >= 15 is 0 Å². The molecule has 10 heavy (non-hydrogen) atoms. The third-order valence-corrected chi connectivity index (χ3v) is 2.45. The summed E-state index contributed by atoms with van der Waals surface area (Å²) in [7, 11) is 0. The van der Waals surface area contributed by atoms with Gasteiger partial charge in [-0.1, -0.05) is 11.6 Å². The lowest BCUT2D eigenvalue weighted by Crippen LogP contribution is -1.91. The Kier molecular flexibility index (Phi) is 1.97. The van der Waals surface area contributed by atoms with Crippen molar-refractivity contribution < 1.29 is 9.90 Å². The maximum absolute atomic E-state index is 10.4. The van der Waals surface area contributed by atoms with Crippen LogP contribution in [-0.2, 0) is 0 Å². The van der Waals surface area contributed by atoms with Crippen LogP contribution in [-0.4, -0.2) is 11.1 Å². The number of carbonyl (C=O) groups is 1. The number of carboxylic acids is 1. The van der Waals surface area contributed by atoms with Crippen molar-refractivity contribution in [3.05, 3.63) is 20.8 Å². The van der Waals surface area contributed by atoms with Gasteiger partial charge in [0.15, 0.2) is 0 Å². The molecule has 0 aliphatic carbocycles. The van der Waals surface area contributed by atoms with Crippen LogP contribution >= 0.6 is 22.9 Å². The molecule has 54 valence electrons. The summed E-state index contributed by atoms with van der Waals surface area (Å²) < 4.78 is 0. The number of thiophene rings is 1. The van der Waals surface area contributed by atoms with Crippen LogP contribution in [0.5, 0.6) is 0 Å². The molecule has 0 radical (unpaired) electrons. The molecule has 2 nitrogen and oxygen atoms in total. The molecule has 4 heteroatoms. The van der Waals surface area contributed by atoms with Crippen molar-refractivity contribution in [2.24, 2.45) is 0 Å². The second-order valence-electron chi connectivity index (χ2n) is 1.84. The van der Waals surface area contributed by atoms with Crippen molar-refractivity contribution in [1.82, 2.24) is 0 Å². The van der Waals surface area contributed by atoms with Gasteiger partial charge in [0.05, 0.1) is 5.02 Å². The quantitative estimate of drug-likeness (QED) is 0.714. The van der Waals surface area contributed by atoms with Crippen LogP contribution in [0.2, 0.25) is 5.02 Å². The molecule has 0 unspecified atom stereocenters. The Morgan fingerprint density at radius 3 is 2.60 bits per heavy atom. The fourth-order valence-electron chi connectivity index (χ4n) is 0.629. The SMILES string of the molecule is Cc1cc(Cl)c(C(=O)O)s1. The zero-order valence-corrected chi connectivity index (χ0v) is 6.79. The summed E-state index contributed by atoms with van der Waals surface area (Å²) >= 11 is 6.76. The second kappa shape index (κ2) is 2.60. The molecule has 1 N–H and O–H groups in total. The van der Waals surface area contributed by atoms with Crippen molar-refractivity contribution in [3.63, 3.8) is 0 Å². The minimum atomic E-state index is -0.955. The highest BCUT2D eigenvalue weighted by Crippen LogP contribution is 2.25. The van der Waals surface area contributed by atoms with Crippen molar-refractivity contribution in [3.8, 4) is 0 Å². The number of aryl methyl sites for hydroxylation is 1. The van der Waals surface area contributed by atoms with Gasteiger partial charge < -0.3 is 5.11 Å². The van der Waals surface area contributed by atoms with Crippen molar-refractivity contribution in [2.75, 3.05) is 0 Å². The van der Waals surface area contributed by atoms with Gasteiger partial charge in [0.2, 0.25) is 0 Å². The van der Waals surface area contributed by atoms with E-state index in [1.165, 1.54) is 11.3 Å². The fraction of sp³-hybridized carbons (Fsp3) is 0.167. The van der Waals surface area contributed by atoms with E-state index in [9.17, 15) is 4.79 Å². The Labute approximate surface area is 67.1 Å². The predicted octanol–water partition coefficient (Wildman–Crippen LogP) is 2.41.